The summed E-state index contributed by atoms with van der Waals surface area (Å²) in [6, 6.07) is 9.48. The molecule has 0 bridgehead atoms. The monoisotopic (exact) mass is 256 g/mol. The molecule has 1 heterocycles. The van der Waals surface area contributed by atoms with E-state index in [4.69, 9.17) is 0 Å². The fourth-order valence-corrected chi connectivity index (χ4v) is 2.19. The van der Waals surface area contributed by atoms with Gasteiger partial charge in [-0.1, -0.05) is 44.2 Å². The molecule has 3 heteroatoms. The molecule has 2 rings (SSSR count). The predicted octanol–water partition coefficient (Wildman–Crippen LogP) is 3.67. The molecule has 0 fully saturated rings. The van der Waals surface area contributed by atoms with Crippen molar-refractivity contribution in [3.63, 3.8) is 0 Å². The first-order chi connectivity index (χ1) is 9.18. The van der Waals surface area contributed by atoms with Crippen molar-refractivity contribution in [1.82, 2.24) is 9.55 Å². The number of nitrogens with zero attached hydrogens (tertiary/aromatic N) is 2. The van der Waals surface area contributed by atoms with Gasteiger partial charge in [-0.3, -0.25) is 4.79 Å². The van der Waals surface area contributed by atoms with E-state index >= 15 is 0 Å². The zero-order valence-corrected chi connectivity index (χ0v) is 11.5. The Kier molecular flexibility index (Phi) is 4.50. The minimum Gasteiger partial charge on any atom is -0.335 e. The van der Waals surface area contributed by atoms with Crippen LogP contribution in [0.4, 0.5) is 0 Å². The number of aromatic nitrogens is 2. The van der Waals surface area contributed by atoms with Crippen molar-refractivity contribution >= 4 is 5.78 Å². The summed E-state index contributed by atoms with van der Waals surface area (Å²) in [4.78, 5) is 16.3. The number of hydrogen-bond acceptors (Lipinski definition) is 2. The molecule has 100 valence electrons. The van der Waals surface area contributed by atoms with Crippen LogP contribution in [0, 0.1) is 0 Å². The molecular formula is C16H20N2O. The maximum atomic E-state index is 12.0. The Bertz CT molecular complexity index is 529. The van der Waals surface area contributed by atoms with Crippen LogP contribution < -0.4 is 0 Å². The van der Waals surface area contributed by atoms with Crippen molar-refractivity contribution in [2.75, 3.05) is 0 Å². The molecule has 3 nitrogen and oxygen atoms in total. The summed E-state index contributed by atoms with van der Waals surface area (Å²) in [6.45, 7) is 5.12. The Morgan fingerprint density at radius 3 is 2.68 bits per heavy atom. The van der Waals surface area contributed by atoms with Gasteiger partial charge in [0.1, 0.15) is 5.82 Å². The number of aryl methyl sites for hydroxylation is 1. The average Bonchev–Trinajstić information content (AvgIpc) is 2.88. The van der Waals surface area contributed by atoms with Crippen LogP contribution in [0.2, 0.25) is 0 Å². The minimum atomic E-state index is 0.215. The summed E-state index contributed by atoms with van der Waals surface area (Å²) >= 11 is 0. The number of rotatable bonds is 6. The van der Waals surface area contributed by atoms with E-state index in [1.807, 2.05) is 42.7 Å². The number of hydrogen-bond donors (Lipinski definition) is 0. The van der Waals surface area contributed by atoms with Crippen molar-refractivity contribution in [3.8, 4) is 0 Å². The molecule has 0 spiro atoms. The van der Waals surface area contributed by atoms with Gasteiger partial charge in [0.2, 0.25) is 0 Å². The summed E-state index contributed by atoms with van der Waals surface area (Å²) in [7, 11) is 0. The Morgan fingerprint density at radius 2 is 2.00 bits per heavy atom. The van der Waals surface area contributed by atoms with Gasteiger partial charge in [0.25, 0.3) is 0 Å². The van der Waals surface area contributed by atoms with E-state index in [0.717, 1.165) is 24.4 Å². The third kappa shape index (κ3) is 3.53. The zero-order valence-electron chi connectivity index (χ0n) is 11.5. The third-order valence-corrected chi connectivity index (χ3v) is 3.16. The van der Waals surface area contributed by atoms with Crippen LogP contribution in [0.3, 0.4) is 0 Å². The van der Waals surface area contributed by atoms with Gasteiger partial charge in [0, 0.05) is 36.8 Å². The lowest BCUT2D eigenvalue weighted by atomic mass is 10.1. The summed E-state index contributed by atoms with van der Waals surface area (Å²) < 4.78 is 2.14. The van der Waals surface area contributed by atoms with Crippen molar-refractivity contribution in [1.29, 1.82) is 0 Å². The van der Waals surface area contributed by atoms with E-state index in [-0.39, 0.29) is 5.78 Å². The maximum absolute atomic E-state index is 12.0. The number of Topliss-reactive ketones (excluding diaryl/α,β-unsaturated/α-hetero) is 1. The highest BCUT2D eigenvalue weighted by atomic mass is 16.1. The van der Waals surface area contributed by atoms with Gasteiger partial charge in [-0.2, -0.15) is 0 Å². The average molecular weight is 256 g/mol. The van der Waals surface area contributed by atoms with Crippen LogP contribution in [0.1, 0.15) is 48.8 Å². The molecule has 0 saturated carbocycles. The molecule has 0 aliphatic heterocycles. The van der Waals surface area contributed by atoms with Crippen LogP contribution in [0.15, 0.2) is 42.7 Å². The van der Waals surface area contributed by atoms with Crippen LogP contribution in [-0.2, 0) is 6.54 Å². The Labute approximate surface area is 114 Å². The molecule has 0 radical (unpaired) electrons. The van der Waals surface area contributed by atoms with Crippen LogP contribution in [0.5, 0.6) is 0 Å². The molecular weight excluding hydrogens is 236 g/mol. The molecule has 2 aromatic rings. The molecule has 0 unspecified atom stereocenters. The first-order valence-corrected chi connectivity index (χ1v) is 6.77. The summed E-state index contributed by atoms with van der Waals surface area (Å²) in [6.07, 6.45) is 5.25. The number of ketones is 1. The van der Waals surface area contributed by atoms with E-state index < -0.39 is 0 Å². The predicted molar refractivity (Wildman–Crippen MR) is 76.3 cm³/mol. The van der Waals surface area contributed by atoms with Crippen LogP contribution in [-0.4, -0.2) is 15.3 Å². The van der Waals surface area contributed by atoms with Crippen molar-refractivity contribution in [2.45, 2.75) is 39.2 Å². The Hall–Kier alpha value is -1.90. The smallest absolute Gasteiger partial charge is 0.162 e. The SMILES string of the molecule is CC(C)c1nccn1CCCC(=O)c1ccccc1. The zero-order chi connectivity index (χ0) is 13.7. The van der Waals surface area contributed by atoms with Gasteiger partial charge in [-0.25, -0.2) is 4.98 Å². The molecule has 0 saturated heterocycles. The number of benzene rings is 1. The minimum absolute atomic E-state index is 0.215. The highest BCUT2D eigenvalue weighted by molar-refractivity contribution is 5.95. The lowest BCUT2D eigenvalue weighted by molar-refractivity contribution is 0.0978. The normalized spacial score (nSPS) is 10.9. The topological polar surface area (TPSA) is 34.9 Å². The van der Waals surface area contributed by atoms with Crippen molar-refractivity contribution in [2.24, 2.45) is 0 Å². The first-order valence-electron chi connectivity index (χ1n) is 6.77. The molecule has 0 N–H and O–H groups in total. The highest BCUT2D eigenvalue weighted by Crippen LogP contribution is 2.13. The van der Waals surface area contributed by atoms with Gasteiger partial charge in [0.15, 0.2) is 5.78 Å². The second-order valence-electron chi connectivity index (χ2n) is 5.03. The quantitative estimate of drug-likeness (QED) is 0.739. The van der Waals surface area contributed by atoms with Crippen molar-refractivity contribution in [3.05, 3.63) is 54.1 Å². The Morgan fingerprint density at radius 1 is 1.26 bits per heavy atom. The third-order valence-electron chi connectivity index (χ3n) is 3.16. The van der Waals surface area contributed by atoms with Crippen LogP contribution in [0.25, 0.3) is 0 Å². The number of carbonyl (C=O) groups excluding carboxylic acids is 1. The molecule has 0 aliphatic carbocycles. The van der Waals surface area contributed by atoms with Gasteiger partial charge in [0.05, 0.1) is 0 Å². The summed E-state index contributed by atoms with van der Waals surface area (Å²) in [5.74, 6) is 1.72. The van der Waals surface area contributed by atoms with E-state index in [1.165, 1.54) is 0 Å². The molecule has 1 aromatic carbocycles. The largest absolute Gasteiger partial charge is 0.335 e. The van der Waals surface area contributed by atoms with Gasteiger partial charge < -0.3 is 4.57 Å². The van der Waals surface area contributed by atoms with Gasteiger partial charge in [-0.05, 0) is 6.42 Å². The molecule has 0 aliphatic rings. The van der Waals surface area contributed by atoms with E-state index in [0.29, 0.717) is 12.3 Å². The summed E-state index contributed by atoms with van der Waals surface area (Å²) in [5.41, 5.74) is 0.803. The second-order valence-corrected chi connectivity index (χ2v) is 5.03. The van der Waals surface area contributed by atoms with E-state index in [9.17, 15) is 4.79 Å². The standard InChI is InChI=1S/C16H20N2O/c1-13(2)16-17-10-12-18(16)11-6-9-15(19)14-7-4-3-5-8-14/h3-5,7-8,10,12-13H,6,9,11H2,1-2H3. The van der Waals surface area contributed by atoms with Gasteiger partial charge in [-0.15, -0.1) is 0 Å². The van der Waals surface area contributed by atoms with Crippen molar-refractivity contribution < 1.29 is 4.79 Å². The molecule has 19 heavy (non-hydrogen) atoms. The number of imidazole rings is 1. The molecule has 0 amide bonds. The highest BCUT2D eigenvalue weighted by Gasteiger charge is 2.08. The lowest BCUT2D eigenvalue weighted by Crippen LogP contribution is -2.07. The van der Waals surface area contributed by atoms with Gasteiger partial charge >= 0.3 is 0 Å². The van der Waals surface area contributed by atoms with E-state index in [1.54, 1.807) is 0 Å². The fraction of sp³-hybridized carbons (Fsp3) is 0.375. The summed E-state index contributed by atoms with van der Waals surface area (Å²) in [5, 5.41) is 0. The number of carbonyl (C=O) groups is 1. The lowest BCUT2D eigenvalue weighted by Gasteiger charge is -2.09. The molecule has 1 aromatic heterocycles. The van der Waals surface area contributed by atoms with E-state index in [2.05, 4.69) is 23.4 Å². The molecule has 0 atom stereocenters. The Balaban J connectivity index is 1.87. The van der Waals surface area contributed by atoms with Crippen LogP contribution >= 0.6 is 0 Å². The second kappa shape index (κ2) is 6.32. The fourth-order valence-electron chi connectivity index (χ4n) is 2.19. The maximum Gasteiger partial charge on any atom is 0.162 e. The first kappa shape index (κ1) is 13.5.